The quantitative estimate of drug-likeness (QED) is 0.570. The number of sulfonamides is 1. The van der Waals surface area contributed by atoms with Gasteiger partial charge in [0.25, 0.3) is 10.0 Å². The minimum Gasteiger partial charge on any atom is -0.468 e. The topological polar surface area (TPSA) is 63.7 Å². The van der Waals surface area contributed by atoms with E-state index in [0.717, 1.165) is 11.4 Å². The first-order valence-corrected chi connectivity index (χ1v) is 10.0. The molecule has 134 valence electrons. The molecule has 0 atom stereocenters. The molecule has 0 aliphatic heterocycles. The lowest BCUT2D eigenvalue weighted by Gasteiger charge is -2.25. The van der Waals surface area contributed by atoms with E-state index in [4.69, 9.17) is 34.8 Å². The van der Waals surface area contributed by atoms with Gasteiger partial charge in [-0.3, -0.25) is 9.10 Å². The van der Waals surface area contributed by atoms with Gasteiger partial charge in [0, 0.05) is 9.50 Å². The molecule has 0 fully saturated rings. The van der Waals surface area contributed by atoms with Gasteiger partial charge in [0.2, 0.25) is 0 Å². The number of anilines is 1. The van der Waals surface area contributed by atoms with E-state index in [0.29, 0.717) is 4.47 Å². The zero-order valence-electron chi connectivity index (χ0n) is 12.7. The highest BCUT2D eigenvalue weighted by molar-refractivity contribution is 9.10. The van der Waals surface area contributed by atoms with E-state index in [1.807, 2.05) is 0 Å². The molecule has 2 rings (SSSR count). The van der Waals surface area contributed by atoms with Crippen LogP contribution >= 0.6 is 50.7 Å². The Balaban J connectivity index is 2.65. The van der Waals surface area contributed by atoms with Crippen LogP contribution in [0.2, 0.25) is 15.1 Å². The number of hydrogen-bond acceptors (Lipinski definition) is 4. The molecule has 0 heterocycles. The molecule has 0 aromatic heterocycles. The summed E-state index contributed by atoms with van der Waals surface area (Å²) in [7, 11) is -3.08. The number of ether oxygens (including phenoxy) is 1. The van der Waals surface area contributed by atoms with Gasteiger partial charge in [-0.1, -0.05) is 50.7 Å². The first-order valence-electron chi connectivity index (χ1n) is 6.66. The van der Waals surface area contributed by atoms with Crippen LogP contribution in [0.4, 0.5) is 5.69 Å². The van der Waals surface area contributed by atoms with Gasteiger partial charge in [-0.25, -0.2) is 8.42 Å². The van der Waals surface area contributed by atoms with E-state index in [-0.39, 0.29) is 25.7 Å². The standard InChI is InChI=1S/C15H11BrCl3NO4S/c1-24-15(21)8-20(13-5-2-9(16)6-12(13)19)25(22,23)14-7-10(17)3-4-11(14)18/h2-7H,8H2,1H3. The summed E-state index contributed by atoms with van der Waals surface area (Å²) >= 11 is 21.3. The predicted molar refractivity (Wildman–Crippen MR) is 102 cm³/mol. The van der Waals surface area contributed by atoms with E-state index in [2.05, 4.69) is 20.7 Å². The lowest BCUT2D eigenvalue weighted by molar-refractivity contribution is -0.138. The number of esters is 1. The van der Waals surface area contributed by atoms with Crippen molar-refractivity contribution in [3.8, 4) is 0 Å². The van der Waals surface area contributed by atoms with Crippen LogP contribution < -0.4 is 4.31 Å². The summed E-state index contributed by atoms with van der Waals surface area (Å²) in [5.74, 6) is -0.763. The largest absolute Gasteiger partial charge is 0.468 e. The maximum atomic E-state index is 13.1. The van der Waals surface area contributed by atoms with Gasteiger partial charge in [0.1, 0.15) is 11.4 Å². The summed E-state index contributed by atoms with van der Waals surface area (Å²) in [5, 5.41) is 0.274. The third-order valence-corrected chi connectivity index (χ3v) is 6.41. The van der Waals surface area contributed by atoms with E-state index in [9.17, 15) is 13.2 Å². The van der Waals surface area contributed by atoms with Crippen LogP contribution in [0.25, 0.3) is 0 Å². The van der Waals surface area contributed by atoms with Gasteiger partial charge in [0.05, 0.1) is 22.8 Å². The number of hydrogen-bond donors (Lipinski definition) is 0. The second-order valence-corrected chi connectivity index (χ2v) is 8.76. The minimum absolute atomic E-state index is 0.0347. The highest BCUT2D eigenvalue weighted by Crippen LogP contribution is 2.35. The van der Waals surface area contributed by atoms with Crippen molar-refractivity contribution in [2.45, 2.75) is 4.90 Å². The Morgan fingerprint density at radius 3 is 2.40 bits per heavy atom. The second-order valence-electron chi connectivity index (χ2n) is 4.76. The molecule has 25 heavy (non-hydrogen) atoms. The van der Waals surface area contributed by atoms with Crippen molar-refractivity contribution in [2.24, 2.45) is 0 Å². The summed E-state index contributed by atoms with van der Waals surface area (Å²) in [5.41, 5.74) is 0.103. The van der Waals surface area contributed by atoms with Gasteiger partial charge >= 0.3 is 5.97 Å². The smallest absolute Gasteiger partial charge is 0.326 e. The van der Waals surface area contributed by atoms with E-state index < -0.39 is 22.5 Å². The molecule has 0 N–H and O–H groups in total. The molecule has 0 amide bonds. The van der Waals surface area contributed by atoms with Gasteiger partial charge in [-0.15, -0.1) is 0 Å². The molecule has 0 radical (unpaired) electrons. The highest BCUT2D eigenvalue weighted by atomic mass is 79.9. The molecule has 0 spiro atoms. The molecule has 5 nitrogen and oxygen atoms in total. The summed E-state index contributed by atoms with van der Waals surface area (Å²) in [6.07, 6.45) is 0. The average molecular weight is 488 g/mol. The summed E-state index contributed by atoms with van der Waals surface area (Å²) in [6, 6.07) is 8.59. The summed E-state index contributed by atoms with van der Waals surface area (Å²) < 4.78 is 32.3. The van der Waals surface area contributed by atoms with E-state index >= 15 is 0 Å². The Morgan fingerprint density at radius 1 is 1.12 bits per heavy atom. The number of carbonyl (C=O) groups excluding carboxylic acids is 1. The first kappa shape index (κ1) is 20.3. The SMILES string of the molecule is COC(=O)CN(c1ccc(Br)cc1Cl)S(=O)(=O)c1cc(Cl)ccc1Cl. The van der Waals surface area contributed by atoms with Crippen molar-refractivity contribution in [3.63, 3.8) is 0 Å². The molecule has 10 heteroatoms. The zero-order chi connectivity index (χ0) is 18.8. The van der Waals surface area contributed by atoms with Crippen molar-refractivity contribution in [1.82, 2.24) is 0 Å². The fourth-order valence-electron chi connectivity index (χ4n) is 1.96. The van der Waals surface area contributed by atoms with Crippen LogP contribution in [-0.4, -0.2) is 28.0 Å². The van der Waals surface area contributed by atoms with Crippen molar-refractivity contribution >= 4 is 72.4 Å². The molecule has 0 saturated heterocycles. The molecule has 0 aliphatic carbocycles. The second kappa shape index (κ2) is 8.14. The molecular weight excluding hydrogens is 476 g/mol. The fraction of sp³-hybridized carbons (Fsp3) is 0.133. The summed E-state index contributed by atoms with van der Waals surface area (Å²) in [6.45, 7) is -0.580. The average Bonchev–Trinajstić information content (AvgIpc) is 2.55. The molecule has 0 unspecified atom stereocenters. The van der Waals surface area contributed by atoms with Crippen LogP contribution in [-0.2, 0) is 19.6 Å². The van der Waals surface area contributed by atoms with Crippen molar-refractivity contribution in [3.05, 3.63) is 55.9 Å². The maximum absolute atomic E-state index is 13.1. The van der Waals surface area contributed by atoms with E-state index in [1.165, 1.54) is 30.3 Å². The van der Waals surface area contributed by atoms with Gasteiger partial charge < -0.3 is 4.74 Å². The number of nitrogens with zero attached hydrogens (tertiary/aromatic N) is 1. The van der Waals surface area contributed by atoms with Crippen LogP contribution in [0.5, 0.6) is 0 Å². The van der Waals surface area contributed by atoms with Crippen LogP contribution in [0, 0.1) is 0 Å². The lowest BCUT2D eigenvalue weighted by Crippen LogP contribution is -2.36. The number of methoxy groups -OCH3 is 1. The Kier molecular flexibility index (Phi) is 6.62. The van der Waals surface area contributed by atoms with Crippen LogP contribution in [0.1, 0.15) is 0 Å². The number of benzene rings is 2. The van der Waals surface area contributed by atoms with Crippen LogP contribution in [0.3, 0.4) is 0 Å². The Hall–Kier alpha value is -0.990. The lowest BCUT2D eigenvalue weighted by atomic mass is 10.3. The molecule has 2 aromatic rings. The monoisotopic (exact) mass is 485 g/mol. The molecule has 0 bridgehead atoms. The predicted octanol–water partition coefficient (Wildman–Crippen LogP) is 4.78. The third kappa shape index (κ3) is 4.60. The number of rotatable bonds is 5. The molecule has 0 saturated carbocycles. The van der Waals surface area contributed by atoms with Crippen molar-refractivity contribution < 1.29 is 17.9 Å². The normalized spacial score (nSPS) is 11.2. The first-order chi connectivity index (χ1) is 11.7. The Labute approximate surface area is 168 Å². The highest BCUT2D eigenvalue weighted by Gasteiger charge is 2.31. The van der Waals surface area contributed by atoms with Crippen LogP contribution in [0.15, 0.2) is 45.8 Å². The molecule has 0 aliphatic rings. The number of carbonyl (C=O) groups is 1. The van der Waals surface area contributed by atoms with Gasteiger partial charge in [-0.05, 0) is 36.4 Å². The van der Waals surface area contributed by atoms with E-state index in [1.54, 1.807) is 6.07 Å². The minimum atomic E-state index is -4.23. The van der Waals surface area contributed by atoms with Gasteiger partial charge in [0.15, 0.2) is 0 Å². The maximum Gasteiger partial charge on any atom is 0.326 e. The Bertz CT molecular complexity index is 921. The van der Waals surface area contributed by atoms with Crippen molar-refractivity contribution in [2.75, 3.05) is 18.0 Å². The van der Waals surface area contributed by atoms with Gasteiger partial charge in [-0.2, -0.15) is 0 Å². The Morgan fingerprint density at radius 2 is 1.80 bits per heavy atom. The van der Waals surface area contributed by atoms with Crippen molar-refractivity contribution in [1.29, 1.82) is 0 Å². The zero-order valence-corrected chi connectivity index (χ0v) is 17.3. The fourth-order valence-corrected chi connectivity index (χ4v) is 4.95. The molecular formula is C15H11BrCl3NO4S. The third-order valence-electron chi connectivity index (χ3n) is 3.14. The molecule has 2 aromatic carbocycles. The summed E-state index contributed by atoms with van der Waals surface area (Å²) in [4.78, 5) is 11.5. The number of halogens is 4.